The van der Waals surface area contributed by atoms with E-state index in [1.54, 1.807) is 6.21 Å². The van der Waals surface area contributed by atoms with Gasteiger partial charge in [-0.1, -0.05) is 5.92 Å². The molecule has 0 aliphatic carbocycles. The molecule has 20 heavy (non-hydrogen) atoms. The monoisotopic (exact) mass is 349 g/mol. The molecule has 0 unspecified atom stereocenters. The molecule has 0 bridgehead atoms. The molecular formula is C14H12BrN3OS. The van der Waals surface area contributed by atoms with Crippen LogP contribution < -0.4 is 10.2 Å². The van der Waals surface area contributed by atoms with Crippen LogP contribution in [0, 0.1) is 19.3 Å². The number of hydrazone groups is 1. The fourth-order valence-corrected chi connectivity index (χ4v) is 2.55. The van der Waals surface area contributed by atoms with Gasteiger partial charge in [-0.25, -0.2) is 4.98 Å². The number of hydrogen-bond donors (Lipinski definition) is 1. The molecule has 2 rings (SSSR count). The van der Waals surface area contributed by atoms with E-state index in [1.807, 2.05) is 30.5 Å². The number of ether oxygens (including phenoxy) is 1. The number of terminal acetylenes is 1. The number of hydrogen-bond acceptors (Lipinski definition) is 5. The molecule has 6 heteroatoms. The standard InChI is InChI=1S/C14H12BrN3OS/c1-3-6-19-13-5-4-11(7-12(13)15)8-16-18-14-17-10(2)9-20-14/h1,4-5,7-9H,6H2,2H3,(H,17,18). The van der Waals surface area contributed by atoms with Gasteiger partial charge in [-0.2, -0.15) is 5.10 Å². The van der Waals surface area contributed by atoms with E-state index in [9.17, 15) is 0 Å². The second-order valence-corrected chi connectivity index (χ2v) is 5.56. The third kappa shape index (κ3) is 4.08. The molecular weight excluding hydrogens is 338 g/mol. The highest BCUT2D eigenvalue weighted by molar-refractivity contribution is 9.10. The number of nitrogens with zero attached hydrogens (tertiary/aromatic N) is 2. The smallest absolute Gasteiger partial charge is 0.203 e. The van der Waals surface area contributed by atoms with Crippen molar-refractivity contribution in [1.82, 2.24) is 4.98 Å². The molecule has 1 heterocycles. The number of anilines is 1. The average Bonchev–Trinajstić information content (AvgIpc) is 2.84. The second kappa shape index (κ2) is 7.08. The van der Waals surface area contributed by atoms with Crippen LogP contribution in [-0.4, -0.2) is 17.8 Å². The van der Waals surface area contributed by atoms with Gasteiger partial charge in [0, 0.05) is 5.38 Å². The fourth-order valence-electron chi connectivity index (χ4n) is 1.40. The zero-order valence-electron chi connectivity index (χ0n) is 10.8. The van der Waals surface area contributed by atoms with Crippen molar-refractivity contribution >= 4 is 38.6 Å². The van der Waals surface area contributed by atoms with Crippen LogP contribution in [-0.2, 0) is 0 Å². The van der Waals surface area contributed by atoms with E-state index in [0.717, 1.165) is 20.9 Å². The number of rotatable bonds is 5. The fraction of sp³-hybridized carbons (Fsp3) is 0.143. The predicted molar refractivity (Wildman–Crippen MR) is 86.5 cm³/mol. The quantitative estimate of drug-likeness (QED) is 0.508. The lowest BCUT2D eigenvalue weighted by Gasteiger charge is -2.05. The summed E-state index contributed by atoms with van der Waals surface area (Å²) in [7, 11) is 0. The van der Waals surface area contributed by atoms with Crippen LogP contribution in [0.5, 0.6) is 5.75 Å². The second-order valence-electron chi connectivity index (χ2n) is 3.85. The summed E-state index contributed by atoms with van der Waals surface area (Å²) in [5, 5.41) is 6.87. The first-order valence-electron chi connectivity index (χ1n) is 5.76. The van der Waals surface area contributed by atoms with Crippen molar-refractivity contribution in [2.24, 2.45) is 5.10 Å². The summed E-state index contributed by atoms with van der Waals surface area (Å²) in [5.41, 5.74) is 4.80. The third-order valence-corrected chi connectivity index (χ3v) is 3.74. The van der Waals surface area contributed by atoms with Crippen LogP contribution in [0.4, 0.5) is 5.13 Å². The summed E-state index contributed by atoms with van der Waals surface area (Å²) < 4.78 is 6.20. The van der Waals surface area contributed by atoms with E-state index in [-0.39, 0.29) is 6.61 Å². The average molecular weight is 350 g/mol. The molecule has 0 amide bonds. The van der Waals surface area contributed by atoms with Crippen molar-refractivity contribution < 1.29 is 4.74 Å². The van der Waals surface area contributed by atoms with Crippen molar-refractivity contribution in [2.75, 3.05) is 12.0 Å². The van der Waals surface area contributed by atoms with Crippen molar-refractivity contribution in [1.29, 1.82) is 0 Å². The molecule has 4 nitrogen and oxygen atoms in total. The normalized spacial score (nSPS) is 10.4. The highest BCUT2D eigenvalue weighted by Gasteiger charge is 2.01. The maximum absolute atomic E-state index is 5.37. The number of thiazole rings is 1. The van der Waals surface area contributed by atoms with Gasteiger partial charge in [0.2, 0.25) is 5.13 Å². The highest BCUT2D eigenvalue weighted by atomic mass is 79.9. The Balaban J connectivity index is 1.99. The first-order valence-corrected chi connectivity index (χ1v) is 7.43. The van der Waals surface area contributed by atoms with Gasteiger partial charge in [0.05, 0.1) is 16.4 Å². The molecule has 2 aromatic rings. The van der Waals surface area contributed by atoms with Crippen LogP contribution in [0.1, 0.15) is 11.3 Å². The van der Waals surface area contributed by atoms with E-state index in [2.05, 4.69) is 37.4 Å². The molecule has 1 N–H and O–H groups in total. The molecule has 0 aliphatic heterocycles. The van der Waals surface area contributed by atoms with Gasteiger partial charge in [0.15, 0.2) is 0 Å². The zero-order chi connectivity index (χ0) is 14.4. The summed E-state index contributed by atoms with van der Waals surface area (Å²) in [4.78, 5) is 4.25. The van der Waals surface area contributed by atoms with Gasteiger partial charge in [-0.3, -0.25) is 5.43 Å². The summed E-state index contributed by atoms with van der Waals surface area (Å²) in [6.07, 6.45) is 6.87. The predicted octanol–water partition coefficient (Wildman–Crippen LogP) is 3.67. The lowest BCUT2D eigenvalue weighted by molar-refractivity contribution is 0.368. The van der Waals surface area contributed by atoms with E-state index in [1.165, 1.54) is 11.3 Å². The summed E-state index contributed by atoms with van der Waals surface area (Å²) in [5.74, 6) is 3.14. The van der Waals surface area contributed by atoms with Crippen molar-refractivity contribution in [3.05, 3.63) is 39.3 Å². The van der Waals surface area contributed by atoms with E-state index < -0.39 is 0 Å². The largest absolute Gasteiger partial charge is 0.480 e. The topological polar surface area (TPSA) is 46.5 Å². The minimum atomic E-state index is 0.247. The Labute approximate surface area is 130 Å². The zero-order valence-corrected chi connectivity index (χ0v) is 13.2. The SMILES string of the molecule is C#CCOc1ccc(C=NNc2nc(C)cs2)cc1Br. The molecule has 0 atom stereocenters. The van der Waals surface area contributed by atoms with Crippen molar-refractivity contribution in [3.63, 3.8) is 0 Å². The van der Waals surface area contributed by atoms with E-state index in [4.69, 9.17) is 11.2 Å². The Morgan fingerprint density at radius 2 is 2.45 bits per heavy atom. The van der Waals surface area contributed by atoms with Gasteiger partial charge in [0.25, 0.3) is 0 Å². The van der Waals surface area contributed by atoms with E-state index >= 15 is 0 Å². The van der Waals surface area contributed by atoms with Crippen LogP contribution in [0.2, 0.25) is 0 Å². The number of aryl methyl sites for hydroxylation is 1. The van der Waals surface area contributed by atoms with Gasteiger partial charge in [0.1, 0.15) is 12.4 Å². The van der Waals surface area contributed by atoms with Gasteiger partial charge in [-0.15, -0.1) is 17.8 Å². The maximum Gasteiger partial charge on any atom is 0.203 e. The third-order valence-electron chi connectivity index (χ3n) is 2.26. The summed E-state index contributed by atoms with van der Waals surface area (Å²) >= 11 is 4.95. The van der Waals surface area contributed by atoms with Gasteiger partial charge < -0.3 is 4.74 Å². The molecule has 0 radical (unpaired) electrons. The first kappa shape index (κ1) is 14.6. The molecule has 1 aromatic carbocycles. The molecule has 0 spiro atoms. The van der Waals surface area contributed by atoms with Crippen LogP contribution in [0.3, 0.4) is 0 Å². The molecule has 0 aliphatic rings. The number of benzene rings is 1. The molecule has 0 saturated carbocycles. The maximum atomic E-state index is 5.37. The Bertz CT molecular complexity index is 661. The minimum absolute atomic E-state index is 0.247. The van der Waals surface area contributed by atoms with E-state index in [0.29, 0.717) is 5.75 Å². The molecule has 1 aromatic heterocycles. The van der Waals surface area contributed by atoms with Crippen LogP contribution in [0.25, 0.3) is 0 Å². The highest BCUT2D eigenvalue weighted by Crippen LogP contribution is 2.25. The Kier molecular flexibility index (Phi) is 5.16. The Morgan fingerprint density at radius 3 is 3.10 bits per heavy atom. The number of aromatic nitrogens is 1. The molecule has 102 valence electrons. The first-order chi connectivity index (χ1) is 9.69. The van der Waals surface area contributed by atoms with Crippen LogP contribution in [0.15, 0.2) is 33.2 Å². The lowest BCUT2D eigenvalue weighted by atomic mass is 10.2. The van der Waals surface area contributed by atoms with Crippen LogP contribution >= 0.6 is 27.3 Å². The summed E-state index contributed by atoms with van der Waals surface area (Å²) in [6.45, 7) is 2.19. The van der Waals surface area contributed by atoms with Crippen molar-refractivity contribution in [3.8, 4) is 18.1 Å². The summed E-state index contributed by atoms with van der Waals surface area (Å²) in [6, 6.07) is 5.65. The Hall–Kier alpha value is -1.84. The van der Waals surface area contributed by atoms with Gasteiger partial charge in [-0.05, 0) is 46.6 Å². The molecule has 0 saturated heterocycles. The van der Waals surface area contributed by atoms with Crippen molar-refractivity contribution in [2.45, 2.75) is 6.92 Å². The minimum Gasteiger partial charge on any atom is -0.480 e. The van der Waals surface area contributed by atoms with Gasteiger partial charge >= 0.3 is 0 Å². The number of nitrogens with one attached hydrogen (secondary N) is 1. The lowest BCUT2D eigenvalue weighted by Crippen LogP contribution is -1.95. The Morgan fingerprint density at radius 1 is 1.60 bits per heavy atom. The molecule has 0 fully saturated rings. The number of halogens is 1.